The van der Waals surface area contributed by atoms with Gasteiger partial charge in [0.05, 0.1) is 16.6 Å². The van der Waals surface area contributed by atoms with E-state index in [0.29, 0.717) is 11.9 Å². The highest BCUT2D eigenvalue weighted by Gasteiger charge is 2.38. The topological polar surface area (TPSA) is 59.4 Å². The number of aryl methyl sites for hydroxylation is 1. The summed E-state index contributed by atoms with van der Waals surface area (Å²) in [5.41, 5.74) is -1.08. The molecule has 1 heterocycles. The maximum Gasteiger partial charge on any atom is 0.417 e. The summed E-state index contributed by atoms with van der Waals surface area (Å²) in [6.45, 7) is 1.90. The average molecular weight is 347 g/mol. The summed E-state index contributed by atoms with van der Waals surface area (Å²) in [6.07, 6.45) is -4.12. The molecule has 0 fully saturated rings. The highest BCUT2D eigenvalue weighted by atomic mass is 19.4. The van der Waals surface area contributed by atoms with E-state index in [2.05, 4.69) is 4.98 Å². The molecule has 25 heavy (non-hydrogen) atoms. The van der Waals surface area contributed by atoms with Crippen LogP contribution < -0.4 is 4.74 Å². The Labute approximate surface area is 140 Å². The molecule has 3 aromatic rings. The van der Waals surface area contributed by atoms with Gasteiger partial charge in [0.2, 0.25) is 0 Å². The van der Waals surface area contributed by atoms with Gasteiger partial charge in [-0.05, 0) is 37.3 Å². The Balaban J connectivity index is 2.14. The summed E-state index contributed by atoms with van der Waals surface area (Å²) in [7, 11) is 0. The first-order valence-corrected chi connectivity index (χ1v) is 7.23. The SMILES string of the molecule is Cc1ccc(Oc2ccc3ncc(C(=O)O)c(C(F)(F)F)c3c2)cc1. The maximum absolute atomic E-state index is 13.4. The van der Waals surface area contributed by atoms with Crippen molar-refractivity contribution in [3.05, 3.63) is 65.4 Å². The van der Waals surface area contributed by atoms with Gasteiger partial charge in [0.25, 0.3) is 0 Å². The highest BCUT2D eigenvalue weighted by Crippen LogP contribution is 2.38. The predicted octanol–water partition coefficient (Wildman–Crippen LogP) is 5.05. The molecule has 1 aromatic heterocycles. The van der Waals surface area contributed by atoms with E-state index >= 15 is 0 Å². The van der Waals surface area contributed by atoms with E-state index < -0.39 is 23.3 Å². The van der Waals surface area contributed by atoms with E-state index in [1.807, 2.05) is 19.1 Å². The van der Waals surface area contributed by atoms with Crippen LogP contribution in [0.15, 0.2) is 48.7 Å². The molecule has 0 atom stereocenters. The Morgan fingerprint density at radius 3 is 2.32 bits per heavy atom. The van der Waals surface area contributed by atoms with Gasteiger partial charge in [0.1, 0.15) is 11.5 Å². The number of pyridine rings is 1. The second-order valence-corrected chi connectivity index (χ2v) is 5.44. The van der Waals surface area contributed by atoms with Gasteiger partial charge in [-0.2, -0.15) is 13.2 Å². The molecule has 0 aliphatic heterocycles. The van der Waals surface area contributed by atoms with Crippen molar-refractivity contribution < 1.29 is 27.8 Å². The largest absolute Gasteiger partial charge is 0.478 e. The standard InChI is InChI=1S/C18H12F3NO3/c1-10-2-4-11(5-3-10)25-12-6-7-15-13(8-12)16(18(19,20)21)14(9-22-15)17(23)24/h2-9H,1H3,(H,23,24). The molecular weight excluding hydrogens is 335 g/mol. The van der Waals surface area contributed by atoms with E-state index in [0.717, 1.165) is 11.6 Å². The van der Waals surface area contributed by atoms with Crippen LogP contribution in [0.5, 0.6) is 11.5 Å². The first-order valence-electron chi connectivity index (χ1n) is 7.23. The number of carboxylic acid groups (broad SMARTS) is 1. The number of carbonyl (C=O) groups is 1. The van der Waals surface area contributed by atoms with Crippen molar-refractivity contribution in [2.75, 3.05) is 0 Å². The molecule has 0 aliphatic carbocycles. The average Bonchev–Trinajstić information content (AvgIpc) is 2.54. The second kappa shape index (κ2) is 6.08. The number of hydrogen-bond donors (Lipinski definition) is 1. The Hall–Kier alpha value is -3.09. The molecule has 0 saturated carbocycles. The van der Waals surface area contributed by atoms with Crippen LogP contribution >= 0.6 is 0 Å². The molecule has 3 rings (SSSR count). The number of nitrogens with zero attached hydrogens (tertiary/aromatic N) is 1. The molecule has 2 aromatic carbocycles. The van der Waals surface area contributed by atoms with Crippen molar-refractivity contribution in [3.63, 3.8) is 0 Å². The summed E-state index contributed by atoms with van der Waals surface area (Å²) in [4.78, 5) is 14.9. The Kier molecular flexibility index (Phi) is 4.08. The number of halogens is 3. The molecule has 128 valence electrons. The zero-order chi connectivity index (χ0) is 18.2. The third kappa shape index (κ3) is 3.40. The Morgan fingerprint density at radius 1 is 1.08 bits per heavy atom. The van der Waals surface area contributed by atoms with Crippen LogP contribution in [0.3, 0.4) is 0 Å². The van der Waals surface area contributed by atoms with Gasteiger partial charge in [0.15, 0.2) is 0 Å². The van der Waals surface area contributed by atoms with Crippen LogP contribution in [0, 0.1) is 6.92 Å². The van der Waals surface area contributed by atoms with Crippen molar-refractivity contribution in [2.24, 2.45) is 0 Å². The molecule has 1 N–H and O–H groups in total. The fourth-order valence-corrected chi connectivity index (χ4v) is 2.45. The summed E-state index contributed by atoms with van der Waals surface area (Å²) >= 11 is 0. The zero-order valence-electron chi connectivity index (χ0n) is 13.0. The molecule has 4 nitrogen and oxygen atoms in total. The third-order valence-corrected chi connectivity index (χ3v) is 3.61. The van der Waals surface area contributed by atoms with Gasteiger partial charge >= 0.3 is 12.1 Å². The minimum absolute atomic E-state index is 0.0357. The van der Waals surface area contributed by atoms with Crippen molar-refractivity contribution in [2.45, 2.75) is 13.1 Å². The van der Waals surface area contributed by atoms with E-state index in [-0.39, 0.29) is 16.7 Å². The second-order valence-electron chi connectivity index (χ2n) is 5.44. The number of hydrogen-bond acceptors (Lipinski definition) is 3. The van der Waals surface area contributed by atoms with Crippen LogP contribution in [-0.2, 0) is 6.18 Å². The Morgan fingerprint density at radius 2 is 1.72 bits per heavy atom. The summed E-state index contributed by atoms with van der Waals surface area (Å²) in [5, 5.41) is 8.73. The van der Waals surface area contributed by atoms with Gasteiger partial charge < -0.3 is 9.84 Å². The lowest BCUT2D eigenvalue weighted by Crippen LogP contribution is -2.14. The lowest BCUT2D eigenvalue weighted by atomic mass is 10.0. The number of rotatable bonds is 3. The number of aromatic nitrogens is 1. The predicted molar refractivity (Wildman–Crippen MR) is 85.0 cm³/mol. The number of fused-ring (bicyclic) bond motifs is 1. The number of carboxylic acids is 1. The van der Waals surface area contributed by atoms with Crippen molar-refractivity contribution in [1.29, 1.82) is 0 Å². The number of ether oxygens (including phenoxy) is 1. The van der Waals surface area contributed by atoms with Crippen molar-refractivity contribution >= 4 is 16.9 Å². The van der Waals surface area contributed by atoms with Gasteiger partial charge in [-0.15, -0.1) is 0 Å². The summed E-state index contributed by atoms with van der Waals surface area (Å²) < 4.78 is 45.8. The van der Waals surface area contributed by atoms with E-state index in [4.69, 9.17) is 9.84 Å². The van der Waals surface area contributed by atoms with Crippen LogP contribution in [-0.4, -0.2) is 16.1 Å². The van der Waals surface area contributed by atoms with E-state index in [9.17, 15) is 18.0 Å². The lowest BCUT2D eigenvalue weighted by Gasteiger charge is -2.14. The normalized spacial score (nSPS) is 11.5. The molecule has 0 spiro atoms. The maximum atomic E-state index is 13.4. The van der Waals surface area contributed by atoms with Crippen molar-refractivity contribution in [3.8, 4) is 11.5 Å². The van der Waals surface area contributed by atoms with E-state index in [1.165, 1.54) is 12.1 Å². The lowest BCUT2D eigenvalue weighted by molar-refractivity contribution is -0.136. The molecule has 0 bridgehead atoms. The van der Waals surface area contributed by atoms with Gasteiger partial charge in [-0.1, -0.05) is 17.7 Å². The number of aromatic carboxylic acids is 1. The highest BCUT2D eigenvalue weighted by molar-refractivity contribution is 5.96. The fourth-order valence-electron chi connectivity index (χ4n) is 2.45. The number of benzene rings is 2. The molecule has 0 radical (unpaired) electrons. The van der Waals surface area contributed by atoms with Crippen LogP contribution in [0.2, 0.25) is 0 Å². The zero-order valence-corrected chi connectivity index (χ0v) is 13.0. The summed E-state index contributed by atoms with van der Waals surface area (Å²) in [5.74, 6) is -1.07. The van der Waals surface area contributed by atoms with Crippen molar-refractivity contribution in [1.82, 2.24) is 4.98 Å². The first kappa shape index (κ1) is 16.8. The molecule has 0 aliphatic rings. The minimum atomic E-state index is -4.84. The molecule has 0 amide bonds. The summed E-state index contributed by atoms with van der Waals surface area (Å²) in [6, 6.07) is 11.0. The molecule has 0 saturated heterocycles. The van der Waals surface area contributed by atoms with Crippen LogP contribution in [0.4, 0.5) is 13.2 Å². The smallest absolute Gasteiger partial charge is 0.417 e. The molecule has 0 unspecified atom stereocenters. The quantitative estimate of drug-likeness (QED) is 0.720. The monoisotopic (exact) mass is 347 g/mol. The van der Waals surface area contributed by atoms with Crippen LogP contribution in [0.25, 0.3) is 10.9 Å². The third-order valence-electron chi connectivity index (χ3n) is 3.61. The first-order chi connectivity index (χ1) is 11.8. The van der Waals surface area contributed by atoms with E-state index in [1.54, 1.807) is 12.1 Å². The molecular formula is C18H12F3NO3. The van der Waals surface area contributed by atoms with Gasteiger partial charge in [-0.3, -0.25) is 4.98 Å². The Bertz CT molecular complexity index is 950. The van der Waals surface area contributed by atoms with Gasteiger partial charge in [0, 0.05) is 11.6 Å². The fraction of sp³-hybridized carbons (Fsp3) is 0.111. The minimum Gasteiger partial charge on any atom is -0.478 e. The number of alkyl halides is 3. The molecule has 7 heteroatoms. The van der Waals surface area contributed by atoms with Gasteiger partial charge in [-0.25, -0.2) is 4.79 Å². The van der Waals surface area contributed by atoms with Crippen LogP contribution in [0.1, 0.15) is 21.5 Å².